The molecule has 0 saturated heterocycles. The molecule has 0 radical (unpaired) electrons. The first-order valence-electron chi connectivity index (χ1n) is 7.21. The van der Waals surface area contributed by atoms with E-state index in [0.29, 0.717) is 19.5 Å². The number of aromatic nitrogens is 3. The second-order valence-electron chi connectivity index (χ2n) is 4.95. The van der Waals surface area contributed by atoms with Crippen molar-refractivity contribution in [2.45, 2.75) is 38.9 Å². The van der Waals surface area contributed by atoms with E-state index in [1.165, 1.54) is 5.56 Å². The molecule has 0 aliphatic heterocycles. The van der Waals surface area contributed by atoms with Gasteiger partial charge in [0.2, 0.25) is 0 Å². The summed E-state index contributed by atoms with van der Waals surface area (Å²) in [5.41, 5.74) is 2.08. The lowest BCUT2D eigenvalue weighted by Gasteiger charge is -2.16. The van der Waals surface area contributed by atoms with Crippen LogP contribution in [0.3, 0.4) is 0 Å². The molecule has 2 N–H and O–H groups in total. The zero-order chi connectivity index (χ0) is 15.1. The van der Waals surface area contributed by atoms with Gasteiger partial charge in [0.05, 0.1) is 5.69 Å². The van der Waals surface area contributed by atoms with Gasteiger partial charge >= 0.3 is 0 Å². The van der Waals surface area contributed by atoms with E-state index in [1.54, 1.807) is 4.68 Å². The molecule has 0 saturated carbocycles. The number of rotatable bonds is 8. The fourth-order valence-electron chi connectivity index (χ4n) is 2.21. The van der Waals surface area contributed by atoms with E-state index in [0.717, 1.165) is 17.1 Å². The second kappa shape index (κ2) is 8.12. The zero-order valence-electron chi connectivity index (χ0n) is 12.2. The highest BCUT2D eigenvalue weighted by Gasteiger charge is 2.10. The van der Waals surface area contributed by atoms with E-state index in [-0.39, 0.29) is 12.6 Å². The summed E-state index contributed by atoms with van der Waals surface area (Å²) in [6.45, 7) is 3.65. The van der Waals surface area contributed by atoms with E-state index in [2.05, 4.69) is 28.6 Å². The smallest absolute Gasteiger partial charge is 0.0965 e. The van der Waals surface area contributed by atoms with Gasteiger partial charge in [0.1, 0.15) is 0 Å². The lowest BCUT2D eigenvalue weighted by atomic mass is 10.0. The van der Waals surface area contributed by atoms with Crippen LogP contribution in [0.1, 0.15) is 37.1 Å². The van der Waals surface area contributed by atoms with Gasteiger partial charge in [-0.05, 0) is 30.5 Å². The Kier molecular flexibility index (Phi) is 6.17. The molecule has 0 aliphatic rings. The fraction of sp³-hybridized carbons (Fsp3) is 0.467. The Morgan fingerprint density at radius 2 is 2.29 bits per heavy atom. The molecule has 1 aromatic carbocycles. The largest absolute Gasteiger partial charge is 0.396 e. The van der Waals surface area contributed by atoms with Gasteiger partial charge in [0, 0.05) is 37.0 Å². The number of aliphatic hydroxyl groups is 1. The number of halogens is 1. The van der Waals surface area contributed by atoms with Crippen molar-refractivity contribution in [3.63, 3.8) is 0 Å². The van der Waals surface area contributed by atoms with E-state index in [9.17, 15) is 0 Å². The minimum Gasteiger partial charge on any atom is -0.396 e. The highest BCUT2D eigenvalue weighted by molar-refractivity contribution is 6.30. The van der Waals surface area contributed by atoms with Crippen LogP contribution in [0.15, 0.2) is 30.5 Å². The lowest BCUT2D eigenvalue weighted by molar-refractivity contribution is 0.276. The van der Waals surface area contributed by atoms with Crippen molar-refractivity contribution in [3.05, 3.63) is 46.7 Å². The summed E-state index contributed by atoms with van der Waals surface area (Å²) >= 11 is 6.04. The summed E-state index contributed by atoms with van der Waals surface area (Å²) in [5, 5.41) is 21.2. The van der Waals surface area contributed by atoms with Crippen LogP contribution in [0.2, 0.25) is 5.02 Å². The minimum atomic E-state index is 0.167. The molecule has 5 nitrogen and oxygen atoms in total. The molecule has 2 rings (SSSR count). The fourth-order valence-corrected chi connectivity index (χ4v) is 2.41. The van der Waals surface area contributed by atoms with Crippen LogP contribution in [0.5, 0.6) is 0 Å². The number of hydrogen-bond acceptors (Lipinski definition) is 4. The molecule has 1 aromatic heterocycles. The van der Waals surface area contributed by atoms with Crippen LogP contribution in [0.25, 0.3) is 0 Å². The Morgan fingerprint density at radius 1 is 1.43 bits per heavy atom. The molecule has 2 aromatic rings. The molecule has 0 fully saturated rings. The summed E-state index contributed by atoms with van der Waals surface area (Å²) in [5.74, 6) is 0. The van der Waals surface area contributed by atoms with Gasteiger partial charge in [-0.25, -0.2) is 0 Å². The number of nitrogens with one attached hydrogen (secondary N) is 1. The van der Waals surface area contributed by atoms with E-state index in [1.807, 2.05) is 24.4 Å². The van der Waals surface area contributed by atoms with Gasteiger partial charge in [-0.1, -0.05) is 35.9 Å². The predicted octanol–water partition coefficient (Wildman–Crippen LogP) is 2.55. The monoisotopic (exact) mass is 308 g/mol. The van der Waals surface area contributed by atoms with Crippen molar-refractivity contribution in [2.75, 3.05) is 6.61 Å². The maximum absolute atomic E-state index is 8.81. The molecule has 1 heterocycles. The third-order valence-corrected chi connectivity index (χ3v) is 3.56. The number of aliphatic hydroxyl groups excluding tert-OH is 1. The first-order chi connectivity index (χ1) is 10.2. The maximum atomic E-state index is 8.81. The predicted molar refractivity (Wildman–Crippen MR) is 83.0 cm³/mol. The van der Waals surface area contributed by atoms with Gasteiger partial charge < -0.3 is 10.4 Å². The summed E-state index contributed by atoms with van der Waals surface area (Å²) in [7, 11) is 0. The maximum Gasteiger partial charge on any atom is 0.0965 e. The molecule has 21 heavy (non-hydrogen) atoms. The van der Waals surface area contributed by atoms with Gasteiger partial charge in [-0.15, -0.1) is 5.10 Å². The Bertz CT molecular complexity index is 558. The zero-order valence-corrected chi connectivity index (χ0v) is 12.9. The average molecular weight is 309 g/mol. The number of hydrogen-bond donors (Lipinski definition) is 2. The van der Waals surface area contributed by atoms with Crippen LogP contribution < -0.4 is 5.32 Å². The molecule has 114 valence electrons. The van der Waals surface area contributed by atoms with Crippen LogP contribution >= 0.6 is 11.6 Å². The Hall–Kier alpha value is -1.43. The third-order valence-electron chi connectivity index (χ3n) is 3.32. The van der Waals surface area contributed by atoms with Gasteiger partial charge in [-0.2, -0.15) is 0 Å². The van der Waals surface area contributed by atoms with Crippen LogP contribution in [-0.2, 0) is 13.1 Å². The average Bonchev–Trinajstić information content (AvgIpc) is 2.94. The van der Waals surface area contributed by atoms with Gasteiger partial charge in [0.25, 0.3) is 0 Å². The number of benzene rings is 1. The molecule has 0 spiro atoms. The summed E-state index contributed by atoms with van der Waals surface area (Å²) in [6.07, 6.45) is 3.57. The molecule has 0 aliphatic carbocycles. The second-order valence-corrected chi connectivity index (χ2v) is 5.38. The Balaban J connectivity index is 1.92. The first-order valence-corrected chi connectivity index (χ1v) is 7.59. The lowest BCUT2D eigenvalue weighted by Crippen LogP contribution is -2.20. The van der Waals surface area contributed by atoms with Gasteiger partial charge in [-0.3, -0.25) is 4.68 Å². The normalized spacial score (nSPS) is 12.5. The first kappa shape index (κ1) is 15.9. The molecule has 1 unspecified atom stereocenters. The topological polar surface area (TPSA) is 63.0 Å². The molecular weight excluding hydrogens is 288 g/mol. The summed E-state index contributed by atoms with van der Waals surface area (Å²) in [6, 6.07) is 8.15. The molecule has 0 amide bonds. The van der Waals surface area contributed by atoms with Crippen LogP contribution in [0.4, 0.5) is 0 Å². The van der Waals surface area contributed by atoms with E-state index < -0.39 is 0 Å². The van der Waals surface area contributed by atoms with E-state index >= 15 is 0 Å². The Morgan fingerprint density at radius 3 is 3.00 bits per heavy atom. The van der Waals surface area contributed by atoms with Crippen molar-refractivity contribution in [1.82, 2.24) is 20.3 Å². The summed E-state index contributed by atoms with van der Waals surface area (Å²) in [4.78, 5) is 0. The number of aryl methyl sites for hydroxylation is 1. The third kappa shape index (κ3) is 4.81. The van der Waals surface area contributed by atoms with Gasteiger partial charge in [0.15, 0.2) is 0 Å². The Labute approximate surface area is 129 Å². The van der Waals surface area contributed by atoms with Crippen molar-refractivity contribution in [1.29, 1.82) is 0 Å². The van der Waals surface area contributed by atoms with Crippen molar-refractivity contribution < 1.29 is 5.11 Å². The van der Waals surface area contributed by atoms with Crippen LogP contribution in [0, 0.1) is 0 Å². The van der Waals surface area contributed by atoms with Crippen molar-refractivity contribution in [3.8, 4) is 0 Å². The van der Waals surface area contributed by atoms with E-state index in [4.69, 9.17) is 16.7 Å². The van der Waals surface area contributed by atoms with Crippen LogP contribution in [-0.4, -0.2) is 26.7 Å². The quantitative estimate of drug-likeness (QED) is 0.786. The van der Waals surface area contributed by atoms with Crippen molar-refractivity contribution >= 4 is 11.6 Å². The minimum absolute atomic E-state index is 0.167. The molecule has 0 bridgehead atoms. The summed E-state index contributed by atoms with van der Waals surface area (Å²) < 4.78 is 1.76. The molecule has 6 heteroatoms. The highest BCUT2D eigenvalue weighted by Crippen LogP contribution is 2.20. The molecule has 1 atom stereocenters. The highest BCUT2D eigenvalue weighted by atomic mass is 35.5. The molecular formula is C15H21ClN4O. The SMILES string of the molecule is CCC(NCc1cn(CCCO)nn1)c1cccc(Cl)c1. The number of nitrogens with zero attached hydrogens (tertiary/aromatic N) is 3. The van der Waals surface area contributed by atoms with Crippen molar-refractivity contribution in [2.24, 2.45) is 0 Å². The standard InChI is InChI=1S/C15H21ClN4O/c1-2-15(12-5-3-6-13(16)9-12)17-10-14-11-20(19-18-14)7-4-8-21/h3,5-6,9,11,15,17,21H,2,4,7-8,10H2,1H3.